The van der Waals surface area contributed by atoms with Crippen LogP contribution in [0.1, 0.15) is 53.7 Å². The van der Waals surface area contributed by atoms with Crippen molar-refractivity contribution in [3.05, 3.63) is 81.2 Å². The van der Waals surface area contributed by atoms with Crippen LogP contribution in [0.25, 0.3) is 4.96 Å². The van der Waals surface area contributed by atoms with Gasteiger partial charge in [-0.3, -0.25) is 9.59 Å². The molecule has 9 heteroatoms. The summed E-state index contributed by atoms with van der Waals surface area (Å²) in [7, 11) is 1.58. The summed E-state index contributed by atoms with van der Waals surface area (Å²) in [5.74, 6) is 1.41. The third-order valence-corrected chi connectivity index (χ3v) is 6.57. The highest BCUT2D eigenvalue weighted by molar-refractivity contribution is 7.16. The molecule has 0 fully saturated rings. The number of nitrogens with zero attached hydrogens (tertiary/aromatic N) is 3. The summed E-state index contributed by atoms with van der Waals surface area (Å²) in [6.45, 7) is 4.39. The van der Waals surface area contributed by atoms with Gasteiger partial charge in [-0.05, 0) is 61.4 Å². The second kappa shape index (κ2) is 10.5. The molecule has 0 radical (unpaired) electrons. The molecule has 176 valence electrons. The molecule has 4 rings (SSSR count). The van der Waals surface area contributed by atoms with E-state index >= 15 is 0 Å². The van der Waals surface area contributed by atoms with Gasteiger partial charge in [0, 0.05) is 23.2 Å². The number of anilines is 1. The second-order valence-corrected chi connectivity index (χ2v) is 8.72. The third-order valence-electron chi connectivity index (χ3n) is 5.50. The van der Waals surface area contributed by atoms with E-state index in [4.69, 9.17) is 9.47 Å². The number of carbonyl (C=O) groups is 1. The van der Waals surface area contributed by atoms with Gasteiger partial charge in [0.05, 0.1) is 12.8 Å². The van der Waals surface area contributed by atoms with Gasteiger partial charge in [-0.1, -0.05) is 25.2 Å². The van der Waals surface area contributed by atoms with E-state index in [1.165, 1.54) is 21.9 Å². The largest absolute Gasteiger partial charge is 0.497 e. The molecule has 0 bridgehead atoms. The quantitative estimate of drug-likeness (QED) is 0.368. The molecule has 1 amide bonds. The summed E-state index contributed by atoms with van der Waals surface area (Å²) >= 11 is 1.45. The van der Waals surface area contributed by atoms with Gasteiger partial charge in [0.1, 0.15) is 23.1 Å². The lowest BCUT2D eigenvalue weighted by Crippen LogP contribution is -2.16. The van der Waals surface area contributed by atoms with Crippen LogP contribution in [0.2, 0.25) is 0 Å². The number of amides is 1. The molecular weight excluding hydrogens is 452 g/mol. The van der Waals surface area contributed by atoms with Gasteiger partial charge in [0.25, 0.3) is 11.5 Å². The van der Waals surface area contributed by atoms with E-state index in [-0.39, 0.29) is 18.1 Å². The van der Waals surface area contributed by atoms with Gasteiger partial charge in [-0.15, -0.1) is 0 Å². The summed E-state index contributed by atoms with van der Waals surface area (Å²) in [5.41, 5.74) is 1.50. The number of aromatic nitrogens is 3. The normalized spacial score (nSPS) is 11.1. The van der Waals surface area contributed by atoms with Crippen LogP contribution < -0.4 is 20.3 Å². The van der Waals surface area contributed by atoms with Crippen LogP contribution in [0.3, 0.4) is 0 Å². The summed E-state index contributed by atoms with van der Waals surface area (Å²) < 4.78 is 12.3. The number of hydrogen-bond acceptors (Lipinski definition) is 7. The Labute approximate surface area is 201 Å². The molecule has 1 N–H and O–H groups in total. The molecule has 0 aliphatic carbocycles. The van der Waals surface area contributed by atoms with Gasteiger partial charge in [0.2, 0.25) is 4.96 Å². The van der Waals surface area contributed by atoms with Crippen molar-refractivity contribution >= 4 is 27.9 Å². The third kappa shape index (κ3) is 5.26. The van der Waals surface area contributed by atoms with Crippen LogP contribution in [0.4, 0.5) is 5.69 Å². The Morgan fingerprint density at radius 1 is 1.06 bits per heavy atom. The number of rotatable bonds is 9. The number of carbonyl (C=O) groups excluding carboxylic acids is 1. The van der Waals surface area contributed by atoms with Crippen LogP contribution in [-0.2, 0) is 6.61 Å². The van der Waals surface area contributed by atoms with E-state index in [1.54, 1.807) is 55.6 Å². The fourth-order valence-corrected chi connectivity index (χ4v) is 4.67. The number of nitrogens with one attached hydrogen (secondary N) is 1. The highest BCUT2D eigenvalue weighted by atomic mass is 32.1. The van der Waals surface area contributed by atoms with Crippen molar-refractivity contribution in [3.8, 4) is 11.5 Å². The average molecular weight is 479 g/mol. The van der Waals surface area contributed by atoms with Crippen molar-refractivity contribution in [3.63, 3.8) is 0 Å². The fraction of sp³-hybridized carbons (Fsp3) is 0.280. The van der Waals surface area contributed by atoms with Crippen LogP contribution >= 0.6 is 11.3 Å². The topological polar surface area (TPSA) is 94.8 Å². The summed E-state index contributed by atoms with van der Waals surface area (Å²) in [6, 6.07) is 15.4. The van der Waals surface area contributed by atoms with E-state index in [0.717, 1.165) is 17.8 Å². The minimum atomic E-state index is -0.216. The second-order valence-electron chi connectivity index (χ2n) is 7.73. The highest BCUT2D eigenvalue weighted by Crippen LogP contribution is 2.26. The SMILES string of the molecule is CCC(CC)c1nn2c(=O)cc(COc3ccc(NC(=O)c4ccc(OC)cc4)cc3)nc2s1. The molecule has 2 aromatic heterocycles. The lowest BCUT2D eigenvalue weighted by atomic mass is 10.1. The minimum absolute atomic E-state index is 0.154. The summed E-state index contributed by atoms with van der Waals surface area (Å²) in [6.07, 6.45) is 1.94. The van der Waals surface area contributed by atoms with Gasteiger partial charge in [-0.25, -0.2) is 4.98 Å². The lowest BCUT2D eigenvalue weighted by Gasteiger charge is -2.08. The number of fused-ring (bicyclic) bond motifs is 1. The van der Waals surface area contributed by atoms with Crippen molar-refractivity contribution in [2.24, 2.45) is 0 Å². The Bertz CT molecular complexity index is 1330. The first-order chi connectivity index (χ1) is 16.5. The molecule has 34 heavy (non-hydrogen) atoms. The molecule has 0 spiro atoms. The average Bonchev–Trinajstić information content (AvgIpc) is 3.29. The molecule has 8 nitrogen and oxygen atoms in total. The maximum Gasteiger partial charge on any atom is 0.275 e. The molecule has 0 saturated carbocycles. The van der Waals surface area contributed by atoms with Crippen molar-refractivity contribution in [1.82, 2.24) is 14.6 Å². The smallest absolute Gasteiger partial charge is 0.275 e. The highest BCUT2D eigenvalue weighted by Gasteiger charge is 2.15. The maximum atomic E-state index is 12.5. The molecule has 2 heterocycles. The van der Waals surface area contributed by atoms with E-state index < -0.39 is 0 Å². The van der Waals surface area contributed by atoms with Gasteiger partial charge >= 0.3 is 0 Å². The fourth-order valence-electron chi connectivity index (χ4n) is 3.49. The van der Waals surface area contributed by atoms with E-state index in [9.17, 15) is 9.59 Å². The first-order valence-electron chi connectivity index (χ1n) is 11.1. The van der Waals surface area contributed by atoms with Crippen LogP contribution in [-0.4, -0.2) is 27.6 Å². The van der Waals surface area contributed by atoms with E-state index in [0.29, 0.717) is 39.3 Å². The van der Waals surface area contributed by atoms with E-state index in [2.05, 4.69) is 29.2 Å². The molecule has 0 atom stereocenters. The zero-order valence-corrected chi connectivity index (χ0v) is 20.1. The number of ether oxygens (including phenoxy) is 2. The van der Waals surface area contributed by atoms with Crippen LogP contribution in [0.15, 0.2) is 59.4 Å². The predicted octanol–water partition coefficient (Wildman–Crippen LogP) is 4.89. The molecule has 0 aliphatic heterocycles. The summed E-state index contributed by atoms with van der Waals surface area (Å²) in [4.78, 5) is 30.0. The monoisotopic (exact) mass is 478 g/mol. The standard InChI is InChI=1S/C25H26N4O4S/c1-4-16(5-2)24-28-29-22(30)14-19(27-25(29)34-24)15-33-21-12-8-18(9-13-21)26-23(31)17-6-10-20(32-3)11-7-17/h6-14,16H,4-5,15H2,1-3H3,(H,26,31). The van der Waals surface area contributed by atoms with Gasteiger partial charge < -0.3 is 14.8 Å². The van der Waals surface area contributed by atoms with Gasteiger partial charge in [-0.2, -0.15) is 9.61 Å². The molecule has 0 saturated heterocycles. The predicted molar refractivity (Wildman–Crippen MR) is 132 cm³/mol. The minimum Gasteiger partial charge on any atom is -0.497 e. The van der Waals surface area contributed by atoms with Gasteiger partial charge in [0.15, 0.2) is 0 Å². The Balaban J connectivity index is 1.39. The first-order valence-corrected chi connectivity index (χ1v) is 11.9. The van der Waals surface area contributed by atoms with Crippen molar-refractivity contribution < 1.29 is 14.3 Å². The van der Waals surface area contributed by atoms with Crippen molar-refractivity contribution in [1.29, 1.82) is 0 Å². The Morgan fingerprint density at radius 3 is 2.38 bits per heavy atom. The molecular formula is C25H26N4O4S. The Kier molecular flexibility index (Phi) is 7.22. The van der Waals surface area contributed by atoms with Crippen LogP contribution in [0, 0.1) is 0 Å². The van der Waals surface area contributed by atoms with Crippen molar-refractivity contribution in [2.75, 3.05) is 12.4 Å². The molecule has 0 aliphatic rings. The number of hydrogen-bond donors (Lipinski definition) is 1. The molecule has 2 aromatic carbocycles. The lowest BCUT2D eigenvalue weighted by molar-refractivity contribution is 0.102. The van der Waals surface area contributed by atoms with Crippen LogP contribution in [0.5, 0.6) is 11.5 Å². The zero-order chi connectivity index (χ0) is 24.1. The first kappa shape index (κ1) is 23.4. The molecule has 4 aromatic rings. The summed E-state index contributed by atoms with van der Waals surface area (Å²) in [5, 5.41) is 8.23. The van der Waals surface area contributed by atoms with E-state index in [1.807, 2.05) is 0 Å². The Hall–Kier alpha value is -3.72. The molecule has 0 unspecified atom stereocenters. The Morgan fingerprint density at radius 2 is 1.74 bits per heavy atom. The number of benzene rings is 2. The maximum absolute atomic E-state index is 12.5. The van der Waals surface area contributed by atoms with Crippen molar-refractivity contribution in [2.45, 2.75) is 39.2 Å². The number of methoxy groups -OCH3 is 1. The zero-order valence-electron chi connectivity index (χ0n) is 19.3.